The molecule has 0 aliphatic carbocycles. The Kier molecular flexibility index (Phi) is 5.34. The Labute approximate surface area is 132 Å². The van der Waals surface area contributed by atoms with Gasteiger partial charge < -0.3 is 10.1 Å². The van der Waals surface area contributed by atoms with Crippen molar-refractivity contribution < 1.29 is 9.53 Å². The molecule has 3 nitrogen and oxygen atoms in total. The fourth-order valence-corrected chi connectivity index (χ4v) is 2.35. The Bertz CT molecular complexity index is 664. The highest BCUT2D eigenvalue weighted by Gasteiger charge is 2.15. The average Bonchev–Trinajstić information content (AvgIpc) is 2.54. The molecule has 0 heterocycles. The van der Waals surface area contributed by atoms with E-state index < -0.39 is 0 Å². The zero-order chi connectivity index (χ0) is 16.1. The van der Waals surface area contributed by atoms with Gasteiger partial charge in [0.2, 0.25) is 0 Å². The van der Waals surface area contributed by atoms with E-state index in [0.29, 0.717) is 6.54 Å². The predicted octanol–water partition coefficient (Wildman–Crippen LogP) is 3.67. The van der Waals surface area contributed by atoms with E-state index in [1.807, 2.05) is 63.2 Å². The van der Waals surface area contributed by atoms with Crippen LogP contribution in [0.25, 0.3) is 0 Å². The van der Waals surface area contributed by atoms with Crippen LogP contribution in [0.1, 0.15) is 34.0 Å². The Morgan fingerprint density at radius 1 is 1.14 bits per heavy atom. The van der Waals surface area contributed by atoms with E-state index in [1.165, 1.54) is 5.56 Å². The molecule has 0 aromatic heterocycles. The van der Waals surface area contributed by atoms with Gasteiger partial charge in [-0.3, -0.25) is 4.79 Å². The standard InChI is InChI=1S/C19H23NO2/c1-13-9-10-16(11-14(13)2)19(21)15(3)20-12-17-7-5-6-8-18(17)22-4/h5-11,15,20H,12H2,1-4H3. The molecule has 22 heavy (non-hydrogen) atoms. The minimum atomic E-state index is -0.244. The minimum absolute atomic E-state index is 0.109. The summed E-state index contributed by atoms with van der Waals surface area (Å²) in [6, 6.07) is 13.4. The van der Waals surface area contributed by atoms with E-state index in [-0.39, 0.29) is 11.8 Å². The second kappa shape index (κ2) is 7.23. The molecular formula is C19H23NO2. The molecule has 0 saturated carbocycles. The van der Waals surface area contributed by atoms with Gasteiger partial charge in [0.25, 0.3) is 0 Å². The first-order chi connectivity index (χ1) is 10.5. The molecule has 0 fully saturated rings. The number of carbonyl (C=O) groups is 1. The van der Waals surface area contributed by atoms with E-state index in [9.17, 15) is 4.79 Å². The van der Waals surface area contributed by atoms with Gasteiger partial charge in [-0.05, 0) is 44.0 Å². The van der Waals surface area contributed by atoms with Gasteiger partial charge in [-0.1, -0.05) is 30.3 Å². The van der Waals surface area contributed by atoms with Crippen molar-refractivity contribution in [2.75, 3.05) is 7.11 Å². The molecular weight excluding hydrogens is 274 g/mol. The molecule has 0 spiro atoms. The summed E-state index contributed by atoms with van der Waals surface area (Å²) in [6.07, 6.45) is 0. The summed E-state index contributed by atoms with van der Waals surface area (Å²) in [5.74, 6) is 0.943. The first kappa shape index (κ1) is 16.2. The number of methoxy groups -OCH3 is 1. The number of aryl methyl sites for hydroxylation is 2. The molecule has 0 amide bonds. The van der Waals surface area contributed by atoms with E-state index in [1.54, 1.807) is 7.11 Å². The van der Waals surface area contributed by atoms with Crippen molar-refractivity contribution in [1.29, 1.82) is 0 Å². The lowest BCUT2D eigenvalue weighted by Crippen LogP contribution is -2.33. The fourth-order valence-electron chi connectivity index (χ4n) is 2.35. The molecule has 1 unspecified atom stereocenters. The number of para-hydroxylation sites is 1. The van der Waals surface area contributed by atoms with E-state index >= 15 is 0 Å². The quantitative estimate of drug-likeness (QED) is 0.827. The smallest absolute Gasteiger partial charge is 0.179 e. The van der Waals surface area contributed by atoms with Crippen molar-refractivity contribution in [2.45, 2.75) is 33.4 Å². The number of nitrogens with one attached hydrogen (secondary N) is 1. The first-order valence-electron chi connectivity index (χ1n) is 7.49. The van der Waals surface area contributed by atoms with Gasteiger partial charge in [-0.25, -0.2) is 0 Å². The molecule has 0 radical (unpaired) electrons. The van der Waals surface area contributed by atoms with Crippen molar-refractivity contribution in [1.82, 2.24) is 5.32 Å². The Morgan fingerprint density at radius 2 is 1.86 bits per heavy atom. The zero-order valence-corrected chi connectivity index (χ0v) is 13.6. The van der Waals surface area contributed by atoms with Crippen LogP contribution in [-0.2, 0) is 6.54 Å². The number of rotatable bonds is 6. The van der Waals surface area contributed by atoms with E-state index in [0.717, 1.165) is 22.4 Å². The topological polar surface area (TPSA) is 38.3 Å². The van der Waals surface area contributed by atoms with Crippen molar-refractivity contribution in [3.05, 3.63) is 64.7 Å². The average molecular weight is 297 g/mol. The third-order valence-electron chi connectivity index (χ3n) is 3.98. The maximum Gasteiger partial charge on any atom is 0.179 e. The third kappa shape index (κ3) is 3.74. The number of benzene rings is 2. The normalized spacial score (nSPS) is 12.0. The summed E-state index contributed by atoms with van der Waals surface area (Å²) in [5.41, 5.74) is 4.14. The maximum absolute atomic E-state index is 12.5. The highest BCUT2D eigenvalue weighted by molar-refractivity contribution is 6.00. The monoisotopic (exact) mass is 297 g/mol. The lowest BCUT2D eigenvalue weighted by molar-refractivity contribution is 0.0950. The van der Waals surface area contributed by atoms with Crippen LogP contribution in [0.3, 0.4) is 0 Å². The molecule has 1 N–H and O–H groups in total. The van der Waals surface area contributed by atoms with Crippen LogP contribution in [-0.4, -0.2) is 18.9 Å². The molecule has 0 saturated heterocycles. The highest BCUT2D eigenvalue weighted by atomic mass is 16.5. The van der Waals surface area contributed by atoms with Crippen molar-refractivity contribution >= 4 is 5.78 Å². The van der Waals surface area contributed by atoms with Crippen LogP contribution in [0.5, 0.6) is 5.75 Å². The van der Waals surface area contributed by atoms with Gasteiger partial charge in [0.05, 0.1) is 13.2 Å². The molecule has 3 heteroatoms. The molecule has 116 valence electrons. The predicted molar refractivity (Wildman–Crippen MR) is 89.5 cm³/mol. The Morgan fingerprint density at radius 3 is 2.55 bits per heavy atom. The summed E-state index contributed by atoms with van der Waals surface area (Å²) in [7, 11) is 1.66. The number of ketones is 1. The van der Waals surface area contributed by atoms with Crippen molar-refractivity contribution in [3.63, 3.8) is 0 Å². The molecule has 0 aliphatic rings. The molecule has 1 atom stereocenters. The van der Waals surface area contributed by atoms with E-state index in [2.05, 4.69) is 5.32 Å². The molecule has 2 rings (SSSR count). The van der Waals surface area contributed by atoms with Crippen LogP contribution < -0.4 is 10.1 Å². The van der Waals surface area contributed by atoms with Crippen LogP contribution in [0.15, 0.2) is 42.5 Å². The van der Waals surface area contributed by atoms with Crippen molar-refractivity contribution in [3.8, 4) is 5.75 Å². The number of ether oxygens (including phenoxy) is 1. The molecule has 2 aromatic carbocycles. The SMILES string of the molecule is COc1ccccc1CNC(C)C(=O)c1ccc(C)c(C)c1. The summed E-state index contributed by atoms with van der Waals surface area (Å²) in [4.78, 5) is 12.5. The van der Waals surface area contributed by atoms with E-state index in [4.69, 9.17) is 4.74 Å². The van der Waals surface area contributed by atoms with Gasteiger partial charge in [0.15, 0.2) is 5.78 Å². The third-order valence-corrected chi connectivity index (χ3v) is 3.98. The lowest BCUT2D eigenvalue weighted by atomic mass is 10.0. The van der Waals surface area contributed by atoms with Crippen LogP contribution in [0.4, 0.5) is 0 Å². The van der Waals surface area contributed by atoms with Crippen LogP contribution in [0.2, 0.25) is 0 Å². The minimum Gasteiger partial charge on any atom is -0.496 e. The van der Waals surface area contributed by atoms with Gasteiger partial charge in [0.1, 0.15) is 5.75 Å². The fraction of sp³-hybridized carbons (Fsp3) is 0.316. The largest absolute Gasteiger partial charge is 0.496 e. The highest BCUT2D eigenvalue weighted by Crippen LogP contribution is 2.17. The Hall–Kier alpha value is -2.13. The zero-order valence-electron chi connectivity index (χ0n) is 13.6. The second-order valence-corrected chi connectivity index (χ2v) is 5.58. The Balaban J connectivity index is 2.03. The number of Topliss-reactive ketones (excluding diaryl/α,β-unsaturated/α-hetero) is 1. The second-order valence-electron chi connectivity index (χ2n) is 5.58. The van der Waals surface area contributed by atoms with Gasteiger partial charge in [-0.15, -0.1) is 0 Å². The van der Waals surface area contributed by atoms with Crippen LogP contribution in [0, 0.1) is 13.8 Å². The van der Waals surface area contributed by atoms with Crippen molar-refractivity contribution in [2.24, 2.45) is 0 Å². The van der Waals surface area contributed by atoms with Gasteiger partial charge >= 0.3 is 0 Å². The number of hydrogen-bond donors (Lipinski definition) is 1. The maximum atomic E-state index is 12.5. The summed E-state index contributed by atoms with van der Waals surface area (Å²) in [6.45, 7) is 6.57. The summed E-state index contributed by atoms with van der Waals surface area (Å²) >= 11 is 0. The molecule has 2 aromatic rings. The summed E-state index contributed by atoms with van der Waals surface area (Å²) < 4.78 is 5.33. The number of carbonyl (C=O) groups excluding carboxylic acids is 1. The van der Waals surface area contributed by atoms with Gasteiger partial charge in [-0.2, -0.15) is 0 Å². The number of hydrogen-bond acceptors (Lipinski definition) is 3. The lowest BCUT2D eigenvalue weighted by Gasteiger charge is -2.15. The molecule has 0 bridgehead atoms. The first-order valence-corrected chi connectivity index (χ1v) is 7.49. The van der Waals surface area contributed by atoms with Gasteiger partial charge in [0, 0.05) is 17.7 Å². The summed E-state index contributed by atoms with van der Waals surface area (Å²) in [5, 5.41) is 3.28. The van der Waals surface area contributed by atoms with Crippen LogP contribution >= 0.6 is 0 Å². The molecule has 0 aliphatic heterocycles.